The van der Waals surface area contributed by atoms with Gasteiger partial charge in [0.2, 0.25) is 0 Å². The van der Waals surface area contributed by atoms with Crippen LogP contribution in [0.15, 0.2) is 36.4 Å². The van der Waals surface area contributed by atoms with Crippen molar-refractivity contribution in [3.8, 4) is 5.75 Å². The number of alkyl halides is 6. The maximum Gasteiger partial charge on any atom is 0.450 e. The molecule has 2 N–H and O–H groups in total. The molecular weight excluding hydrogens is 474 g/mol. The molecule has 2 rings (SSSR count). The number of hydrogen-bond donors (Lipinski definition) is 2. The van der Waals surface area contributed by atoms with Crippen molar-refractivity contribution in [1.82, 2.24) is 0 Å². The van der Waals surface area contributed by atoms with E-state index < -0.39 is 59.3 Å². The average molecular weight is 482 g/mol. The Bertz CT molecular complexity index is 1220. The summed E-state index contributed by atoms with van der Waals surface area (Å²) in [5.41, 5.74) is -0.467. The van der Waals surface area contributed by atoms with Gasteiger partial charge in [-0.3, -0.25) is 4.55 Å². The zero-order valence-electron chi connectivity index (χ0n) is 13.9. The molecule has 0 radical (unpaired) electrons. The van der Waals surface area contributed by atoms with Gasteiger partial charge in [-0.05, 0) is 17.5 Å². The first kappa shape index (κ1) is 23.7. The number of halogens is 6. The lowest BCUT2D eigenvalue weighted by Crippen LogP contribution is -2.61. The number of benzene rings is 2. The third kappa shape index (κ3) is 3.43. The van der Waals surface area contributed by atoms with Crippen molar-refractivity contribution in [2.45, 2.75) is 16.4 Å². The molecule has 0 unspecified atom stereocenters. The standard InChI is InChI=1S/C14H8F6O8S2/c15-12(16,13(17,18)29(23,24)25)14(19,20)30(26,27)28-10-6-5-9(11(21)22)7-3-1-2-4-8(7)10/h1-6H,(H,21,22)(H,23,24,25). The van der Waals surface area contributed by atoms with Crippen LogP contribution < -0.4 is 4.18 Å². The summed E-state index contributed by atoms with van der Waals surface area (Å²) in [6.07, 6.45) is 0. The molecule has 0 fully saturated rings. The second kappa shape index (κ2) is 6.98. The fourth-order valence-corrected chi connectivity index (χ4v) is 3.63. The fraction of sp³-hybridized carbons (Fsp3) is 0.214. The second-order valence-corrected chi connectivity index (χ2v) is 8.63. The van der Waals surface area contributed by atoms with Crippen molar-refractivity contribution in [1.29, 1.82) is 0 Å². The van der Waals surface area contributed by atoms with Crippen LogP contribution >= 0.6 is 0 Å². The van der Waals surface area contributed by atoms with Crippen molar-refractivity contribution < 1.29 is 61.8 Å². The lowest BCUT2D eigenvalue weighted by atomic mass is 10.0. The van der Waals surface area contributed by atoms with Crippen molar-refractivity contribution in [3.05, 3.63) is 42.0 Å². The summed E-state index contributed by atoms with van der Waals surface area (Å²) in [6.45, 7) is 0. The van der Waals surface area contributed by atoms with Crippen LogP contribution in [0, 0.1) is 0 Å². The number of aromatic carboxylic acids is 1. The van der Waals surface area contributed by atoms with Crippen LogP contribution in [-0.2, 0) is 20.2 Å². The molecule has 0 saturated carbocycles. The Hall–Kier alpha value is -2.59. The summed E-state index contributed by atoms with van der Waals surface area (Å²) in [5, 5.41) is -5.46. The summed E-state index contributed by atoms with van der Waals surface area (Å²) >= 11 is 0. The highest BCUT2D eigenvalue weighted by Crippen LogP contribution is 2.51. The van der Waals surface area contributed by atoms with E-state index in [1.165, 1.54) is 6.07 Å². The van der Waals surface area contributed by atoms with Crippen LogP contribution in [0.4, 0.5) is 26.3 Å². The molecule has 0 spiro atoms. The minimum Gasteiger partial charge on any atom is -0.478 e. The van der Waals surface area contributed by atoms with Crippen LogP contribution in [0.3, 0.4) is 0 Å². The predicted octanol–water partition coefficient (Wildman–Crippen LogP) is 2.96. The van der Waals surface area contributed by atoms with Gasteiger partial charge in [0.25, 0.3) is 0 Å². The van der Waals surface area contributed by atoms with Crippen molar-refractivity contribution in [3.63, 3.8) is 0 Å². The zero-order chi connectivity index (χ0) is 23.3. The molecule has 30 heavy (non-hydrogen) atoms. The fourth-order valence-electron chi connectivity index (χ4n) is 2.19. The molecule has 0 aliphatic heterocycles. The molecule has 166 valence electrons. The molecule has 0 heterocycles. The number of carbonyl (C=O) groups is 1. The summed E-state index contributed by atoms with van der Waals surface area (Å²) in [5.74, 6) is -9.84. The molecule has 0 saturated heterocycles. The smallest absolute Gasteiger partial charge is 0.450 e. The molecule has 0 atom stereocenters. The highest BCUT2D eigenvalue weighted by atomic mass is 32.2. The molecule has 2 aromatic rings. The lowest BCUT2D eigenvalue weighted by Gasteiger charge is -2.29. The Morgan fingerprint density at radius 1 is 0.833 bits per heavy atom. The van der Waals surface area contributed by atoms with Gasteiger partial charge in [-0.1, -0.05) is 24.3 Å². The van der Waals surface area contributed by atoms with Gasteiger partial charge in [0.1, 0.15) is 0 Å². The average Bonchev–Trinajstić information content (AvgIpc) is 2.60. The molecule has 0 aliphatic rings. The van der Waals surface area contributed by atoms with Crippen LogP contribution in [-0.4, -0.2) is 48.9 Å². The second-order valence-electron chi connectivity index (χ2n) is 5.58. The Morgan fingerprint density at radius 3 is 1.80 bits per heavy atom. The van der Waals surface area contributed by atoms with E-state index in [-0.39, 0.29) is 5.39 Å². The SMILES string of the molecule is O=C(O)c1ccc(OS(=O)(=O)C(F)(F)C(F)(F)C(F)(F)S(=O)(=O)O)c2ccccc12. The first-order chi connectivity index (χ1) is 13.4. The summed E-state index contributed by atoms with van der Waals surface area (Å²) in [6, 6.07) is 5.60. The first-order valence-electron chi connectivity index (χ1n) is 7.18. The van der Waals surface area contributed by atoms with Gasteiger partial charge in [-0.2, -0.15) is 43.2 Å². The number of hydrogen-bond acceptors (Lipinski definition) is 6. The van der Waals surface area contributed by atoms with Gasteiger partial charge < -0.3 is 9.29 Å². The van der Waals surface area contributed by atoms with Crippen molar-refractivity contribution in [2.75, 3.05) is 0 Å². The zero-order valence-corrected chi connectivity index (χ0v) is 15.5. The van der Waals surface area contributed by atoms with E-state index >= 15 is 0 Å². The van der Waals surface area contributed by atoms with E-state index in [9.17, 15) is 48.0 Å². The number of carboxylic acids is 1. The van der Waals surface area contributed by atoms with Crippen LogP contribution in [0.5, 0.6) is 5.75 Å². The summed E-state index contributed by atoms with van der Waals surface area (Å²) < 4.78 is 138. The number of fused-ring (bicyclic) bond motifs is 1. The number of carboxylic acid groups (broad SMARTS) is 1. The van der Waals surface area contributed by atoms with E-state index in [4.69, 9.17) is 9.66 Å². The van der Waals surface area contributed by atoms with E-state index in [1.54, 1.807) is 0 Å². The van der Waals surface area contributed by atoms with Crippen molar-refractivity contribution in [2.24, 2.45) is 0 Å². The maximum atomic E-state index is 13.9. The van der Waals surface area contributed by atoms with E-state index in [1.807, 2.05) is 0 Å². The quantitative estimate of drug-likeness (QED) is 0.350. The highest BCUT2D eigenvalue weighted by Gasteiger charge is 2.83. The maximum absolute atomic E-state index is 13.9. The van der Waals surface area contributed by atoms with Gasteiger partial charge in [0, 0.05) is 5.39 Å². The third-order valence-corrected chi connectivity index (χ3v) is 5.87. The predicted molar refractivity (Wildman–Crippen MR) is 86.8 cm³/mol. The summed E-state index contributed by atoms with van der Waals surface area (Å²) in [4.78, 5) is 11.2. The normalized spacial score (nSPS) is 14.0. The minimum atomic E-state index is -7.17. The van der Waals surface area contributed by atoms with Gasteiger partial charge in [0.15, 0.2) is 5.75 Å². The molecule has 0 aromatic heterocycles. The Balaban J connectivity index is 2.64. The van der Waals surface area contributed by atoms with Crippen LogP contribution in [0.25, 0.3) is 10.8 Å². The van der Waals surface area contributed by atoms with E-state index in [0.717, 1.165) is 18.2 Å². The molecule has 0 aliphatic carbocycles. The largest absolute Gasteiger partial charge is 0.478 e. The topological polar surface area (TPSA) is 135 Å². The van der Waals surface area contributed by atoms with Crippen LogP contribution in [0.2, 0.25) is 0 Å². The molecule has 0 amide bonds. The van der Waals surface area contributed by atoms with Gasteiger partial charge in [0.05, 0.1) is 5.56 Å². The van der Waals surface area contributed by atoms with Gasteiger partial charge in [-0.15, -0.1) is 0 Å². The minimum absolute atomic E-state index is 0.281. The molecule has 16 heteroatoms. The van der Waals surface area contributed by atoms with Crippen molar-refractivity contribution >= 4 is 37.0 Å². The molecule has 0 bridgehead atoms. The van der Waals surface area contributed by atoms with E-state index in [0.29, 0.717) is 12.1 Å². The third-order valence-electron chi connectivity index (χ3n) is 3.68. The van der Waals surface area contributed by atoms with E-state index in [2.05, 4.69) is 4.18 Å². The van der Waals surface area contributed by atoms with Gasteiger partial charge >= 0.3 is 42.6 Å². The summed E-state index contributed by atoms with van der Waals surface area (Å²) in [7, 11) is -14.2. The molecular formula is C14H8F6O8S2. The Kier molecular flexibility index (Phi) is 5.51. The number of rotatable bonds is 7. The lowest BCUT2D eigenvalue weighted by molar-refractivity contribution is -0.247. The van der Waals surface area contributed by atoms with Crippen LogP contribution in [0.1, 0.15) is 10.4 Å². The molecule has 2 aromatic carbocycles. The Labute approximate surface area is 163 Å². The Morgan fingerprint density at radius 2 is 1.33 bits per heavy atom. The highest BCUT2D eigenvalue weighted by molar-refractivity contribution is 7.88. The monoisotopic (exact) mass is 482 g/mol. The van der Waals surface area contributed by atoms with Gasteiger partial charge in [-0.25, -0.2) is 4.79 Å². The first-order valence-corrected chi connectivity index (χ1v) is 10.0. The molecule has 8 nitrogen and oxygen atoms in total.